The van der Waals surface area contributed by atoms with Crippen LogP contribution in [-0.4, -0.2) is 0 Å². The van der Waals surface area contributed by atoms with Crippen molar-refractivity contribution < 1.29 is 0 Å². The summed E-state index contributed by atoms with van der Waals surface area (Å²) in [6.45, 7) is 4.48. The summed E-state index contributed by atoms with van der Waals surface area (Å²) in [4.78, 5) is 1.16. The molecule has 0 nitrogen and oxygen atoms in total. The summed E-state index contributed by atoms with van der Waals surface area (Å²) >= 11 is 4.51. The highest BCUT2D eigenvalue weighted by atomic mass is 32.1. The first-order valence-corrected chi connectivity index (χ1v) is 6.53. The highest BCUT2D eigenvalue weighted by molar-refractivity contribution is 7.80. The molecule has 0 heterocycles. The van der Waals surface area contributed by atoms with Crippen LogP contribution < -0.4 is 0 Å². The van der Waals surface area contributed by atoms with E-state index in [2.05, 4.69) is 44.7 Å². The van der Waals surface area contributed by atoms with E-state index in [-0.39, 0.29) is 0 Å². The third kappa shape index (κ3) is 4.29. The van der Waals surface area contributed by atoms with E-state index in [1.54, 1.807) is 0 Å². The Balaban J connectivity index is 2.66. The molecule has 0 N–H and O–H groups in total. The van der Waals surface area contributed by atoms with Gasteiger partial charge in [0.2, 0.25) is 0 Å². The van der Waals surface area contributed by atoms with Crippen molar-refractivity contribution >= 4 is 12.6 Å². The van der Waals surface area contributed by atoms with Gasteiger partial charge in [0.25, 0.3) is 0 Å². The van der Waals surface area contributed by atoms with Crippen LogP contribution in [0.25, 0.3) is 0 Å². The zero-order valence-electron chi connectivity index (χ0n) is 9.92. The summed E-state index contributed by atoms with van der Waals surface area (Å²) in [5.74, 6) is 0. The zero-order valence-corrected chi connectivity index (χ0v) is 10.8. The molecule has 0 saturated heterocycles. The molecule has 0 aliphatic heterocycles. The Kier molecular flexibility index (Phi) is 5.85. The van der Waals surface area contributed by atoms with Crippen molar-refractivity contribution in [2.24, 2.45) is 0 Å². The van der Waals surface area contributed by atoms with E-state index in [9.17, 15) is 0 Å². The van der Waals surface area contributed by atoms with Crippen molar-refractivity contribution in [1.29, 1.82) is 0 Å². The van der Waals surface area contributed by atoms with Crippen LogP contribution in [0.1, 0.15) is 50.7 Å². The maximum absolute atomic E-state index is 4.51. The molecular formula is C14H22S. The predicted octanol–water partition coefficient (Wildman–Crippen LogP) is 4.66. The molecule has 0 aliphatic carbocycles. The van der Waals surface area contributed by atoms with Crippen LogP contribution >= 0.6 is 12.6 Å². The first-order valence-electron chi connectivity index (χ1n) is 6.08. The maximum atomic E-state index is 4.51. The normalized spacial score (nSPS) is 10.6. The molecule has 84 valence electrons. The van der Waals surface area contributed by atoms with Gasteiger partial charge in [-0.1, -0.05) is 38.8 Å². The van der Waals surface area contributed by atoms with E-state index in [0.29, 0.717) is 0 Å². The average molecular weight is 222 g/mol. The Morgan fingerprint density at radius 3 is 2.33 bits per heavy atom. The van der Waals surface area contributed by atoms with Crippen LogP contribution in [0.5, 0.6) is 0 Å². The molecule has 0 amide bonds. The SMILES string of the molecule is CCCCc1ccc(S)c(CCCC)c1. The minimum absolute atomic E-state index is 1.16. The summed E-state index contributed by atoms with van der Waals surface area (Å²) in [5, 5.41) is 0. The number of thiol groups is 1. The fourth-order valence-corrected chi connectivity index (χ4v) is 1.99. The van der Waals surface area contributed by atoms with Crippen molar-refractivity contribution in [3.63, 3.8) is 0 Å². The van der Waals surface area contributed by atoms with Crippen LogP contribution in [0.15, 0.2) is 23.1 Å². The van der Waals surface area contributed by atoms with Crippen molar-refractivity contribution in [2.45, 2.75) is 57.3 Å². The van der Waals surface area contributed by atoms with Crippen LogP contribution in [0, 0.1) is 0 Å². The topological polar surface area (TPSA) is 0 Å². The summed E-state index contributed by atoms with van der Waals surface area (Å²) in [7, 11) is 0. The van der Waals surface area contributed by atoms with Gasteiger partial charge in [0, 0.05) is 4.90 Å². The number of aryl methyl sites for hydroxylation is 2. The molecule has 0 spiro atoms. The lowest BCUT2D eigenvalue weighted by molar-refractivity contribution is 0.772. The number of rotatable bonds is 6. The first kappa shape index (κ1) is 12.6. The van der Waals surface area contributed by atoms with Gasteiger partial charge >= 0.3 is 0 Å². The Bertz CT molecular complexity index is 291. The maximum Gasteiger partial charge on any atom is 0.00722 e. The van der Waals surface area contributed by atoms with Gasteiger partial charge in [-0.05, 0) is 42.9 Å². The van der Waals surface area contributed by atoms with Crippen molar-refractivity contribution in [3.8, 4) is 0 Å². The molecule has 0 radical (unpaired) electrons. The third-order valence-electron chi connectivity index (χ3n) is 2.76. The Labute approximate surface area is 99.5 Å². The van der Waals surface area contributed by atoms with Crippen LogP contribution in [-0.2, 0) is 12.8 Å². The van der Waals surface area contributed by atoms with Gasteiger partial charge in [0.05, 0.1) is 0 Å². The molecule has 0 fully saturated rings. The number of unbranched alkanes of at least 4 members (excludes halogenated alkanes) is 2. The van der Waals surface area contributed by atoms with Crippen LogP contribution in [0.2, 0.25) is 0 Å². The minimum Gasteiger partial charge on any atom is -0.143 e. The number of benzene rings is 1. The molecule has 0 atom stereocenters. The minimum atomic E-state index is 1.16. The second kappa shape index (κ2) is 6.95. The monoisotopic (exact) mass is 222 g/mol. The molecule has 15 heavy (non-hydrogen) atoms. The van der Waals surface area contributed by atoms with Crippen molar-refractivity contribution in [2.75, 3.05) is 0 Å². The second-order valence-corrected chi connectivity index (χ2v) is 4.65. The summed E-state index contributed by atoms with van der Waals surface area (Å²) < 4.78 is 0. The molecule has 0 aliphatic rings. The third-order valence-corrected chi connectivity index (χ3v) is 3.20. The lowest BCUT2D eigenvalue weighted by Gasteiger charge is -2.07. The lowest BCUT2D eigenvalue weighted by atomic mass is 10.0. The van der Waals surface area contributed by atoms with Gasteiger partial charge in [-0.15, -0.1) is 12.6 Å². The number of hydrogen-bond acceptors (Lipinski definition) is 1. The molecule has 1 aromatic rings. The Morgan fingerprint density at radius 2 is 1.67 bits per heavy atom. The van der Waals surface area contributed by atoms with Gasteiger partial charge in [0.15, 0.2) is 0 Å². The standard InChI is InChI=1S/C14H22S/c1-3-5-7-12-9-10-14(15)13(11-12)8-6-4-2/h9-11,15H,3-8H2,1-2H3. The van der Waals surface area contributed by atoms with Gasteiger partial charge < -0.3 is 0 Å². The van der Waals surface area contributed by atoms with Gasteiger partial charge in [-0.3, -0.25) is 0 Å². The van der Waals surface area contributed by atoms with E-state index in [4.69, 9.17) is 0 Å². The van der Waals surface area contributed by atoms with E-state index in [1.165, 1.54) is 49.7 Å². The summed E-state index contributed by atoms with van der Waals surface area (Å²) in [6, 6.07) is 6.71. The van der Waals surface area contributed by atoms with E-state index in [0.717, 1.165) is 4.90 Å². The summed E-state index contributed by atoms with van der Waals surface area (Å²) in [6.07, 6.45) is 7.47. The largest absolute Gasteiger partial charge is 0.143 e. The molecule has 1 heteroatoms. The van der Waals surface area contributed by atoms with E-state index in [1.807, 2.05) is 0 Å². The fraction of sp³-hybridized carbons (Fsp3) is 0.571. The molecular weight excluding hydrogens is 200 g/mol. The molecule has 0 aromatic heterocycles. The van der Waals surface area contributed by atoms with Crippen LogP contribution in [0.3, 0.4) is 0 Å². The van der Waals surface area contributed by atoms with E-state index < -0.39 is 0 Å². The van der Waals surface area contributed by atoms with Gasteiger partial charge in [0.1, 0.15) is 0 Å². The highest BCUT2D eigenvalue weighted by Gasteiger charge is 2.00. The van der Waals surface area contributed by atoms with Gasteiger partial charge in [-0.2, -0.15) is 0 Å². The van der Waals surface area contributed by atoms with E-state index >= 15 is 0 Å². The average Bonchev–Trinajstić information content (AvgIpc) is 2.26. The van der Waals surface area contributed by atoms with Crippen molar-refractivity contribution in [1.82, 2.24) is 0 Å². The first-order chi connectivity index (χ1) is 7.27. The molecule has 0 unspecified atom stereocenters. The quantitative estimate of drug-likeness (QED) is 0.665. The molecule has 0 bridgehead atoms. The smallest absolute Gasteiger partial charge is 0.00722 e. The zero-order chi connectivity index (χ0) is 11.1. The molecule has 1 rings (SSSR count). The van der Waals surface area contributed by atoms with Crippen LogP contribution in [0.4, 0.5) is 0 Å². The highest BCUT2D eigenvalue weighted by Crippen LogP contribution is 2.19. The Morgan fingerprint density at radius 1 is 1.00 bits per heavy atom. The number of hydrogen-bond donors (Lipinski definition) is 1. The fourth-order valence-electron chi connectivity index (χ4n) is 1.74. The Hall–Kier alpha value is -0.430. The van der Waals surface area contributed by atoms with Crippen molar-refractivity contribution in [3.05, 3.63) is 29.3 Å². The predicted molar refractivity (Wildman–Crippen MR) is 70.9 cm³/mol. The lowest BCUT2D eigenvalue weighted by Crippen LogP contribution is -1.91. The second-order valence-electron chi connectivity index (χ2n) is 4.17. The van der Waals surface area contributed by atoms with Gasteiger partial charge in [-0.25, -0.2) is 0 Å². The summed E-state index contributed by atoms with van der Waals surface area (Å²) in [5.41, 5.74) is 2.90. The molecule has 1 aromatic carbocycles. The molecule has 0 saturated carbocycles.